The molecule has 1 aliphatic carbocycles. The van der Waals surface area contributed by atoms with Gasteiger partial charge in [-0.15, -0.1) is 0 Å². The Morgan fingerprint density at radius 3 is 2.65 bits per heavy atom. The lowest BCUT2D eigenvalue weighted by molar-refractivity contribution is 0.297. The van der Waals surface area contributed by atoms with Crippen LogP contribution in [-0.2, 0) is 12.8 Å². The molecule has 2 rings (SSSR count). The molecule has 0 aliphatic heterocycles. The first-order chi connectivity index (χ1) is 9.74. The minimum absolute atomic E-state index is 0.394. The van der Waals surface area contributed by atoms with Crippen molar-refractivity contribution in [1.82, 2.24) is 0 Å². The van der Waals surface area contributed by atoms with E-state index >= 15 is 0 Å². The van der Waals surface area contributed by atoms with E-state index in [1.165, 1.54) is 51.4 Å². The first kappa shape index (κ1) is 15.6. The smallest absolute Gasteiger partial charge is 0.00730 e. The maximum absolute atomic E-state index is 6.55. The zero-order chi connectivity index (χ0) is 14.4. The molecule has 1 heteroatoms. The topological polar surface area (TPSA) is 26.0 Å². The second kappa shape index (κ2) is 7.83. The van der Waals surface area contributed by atoms with E-state index in [2.05, 4.69) is 38.1 Å². The number of unbranched alkanes of at least 4 members (excludes halogenated alkanes) is 1. The summed E-state index contributed by atoms with van der Waals surface area (Å²) < 4.78 is 0. The van der Waals surface area contributed by atoms with Gasteiger partial charge in [-0.1, -0.05) is 63.8 Å². The summed E-state index contributed by atoms with van der Waals surface area (Å²) in [6, 6.07) is 9.31. The molecule has 0 spiro atoms. The van der Waals surface area contributed by atoms with E-state index in [4.69, 9.17) is 5.73 Å². The van der Waals surface area contributed by atoms with Crippen LogP contribution in [0.5, 0.6) is 0 Å². The molecule has 1 aromatic carbocycles. The highest BCUT2D eigenvalue weighted by Gasteiger charge is 2.25. The van der Waals surface area contributed by atoms with Gasteiger partial charge in [0.2, 0.25) is 0 Å². The third-order valence-corrected chi connectivity index (χ3v) is 5.14. The van der Waals surface area contributed by atoms with Gasteiger partial charge in [0.05, 0.1) is 0 Å². The zero-order valence-corrected chi connectivity index (χ0v) is 13.3. The Hall–Kier alpha value is -0.820. The Kier molecular flexibility index (Phi) is 6.09. The van der Waals surface area contributed by atoms with Crippen molar-refractivity contribution in [2.45, 2.75) is 71.3 Å². The number of fused-ring (bicyclic) bond motifs is 1. The summed E-state index contributed by atoms with van der Waals surface area (Å²) in [5.74, 6) is 1.53. The van der Waals surface area contributed by atoms with E-state index in [-0.39, 0.29) is 0 Å². The molecular weight excluding hydrogens is 242 g/mol. The molecular formula is C19H31N. The molecule has 0 aromatic heterocycles. The summed E-state index contributed by atoms with van der Waals surface area (Å²) in [7, 11) is 0. The Bertz CT molecular complexity index is 399. The minimum Gasteiger partial charge on any atom is -0.327 e. The monoisotopic (exact) mass is 273 g/mol. The van der Waals surface area contributed by atoms with E-state index in [9.17, 15) is 0 Å². The maximum atomic E-state index is 6.55. The number of hydrogen-bond donors (Lipinski definition) is 1. The highest BCUT2D eigenvalue weighted by molar-refractivity contribution is 5.29. The highest BCUT2D eigenvalue weighted by Crippen LogP contribution is 2.30. The molecule has 0 radical (unpaired) electrons. The van der Waals surface area contributed by atoms with Crippen molar-refractivity contribution in [1.29, 1.82) is 0 Å². The van der Waals surface area contributed by atoms with Crippen LogP contribution in [0.15, 0.2) is 24.3 Å². The Labute approximate surface area is 125 Å². The van der Waals surface area contributed by atoms with Crippen LogP contribution in [0.1, 0.15) is 63.5 Å². The molecule has 112 valence electrons. The van der Waals surface area contributed by atoms with Crippen molar-refractivity contribution >= 4 is 0 Å². The van der Waals surface area contributed by atoms with E-state index in [1.54, 1.807) is 11.1 Å². The van der Waals surface area contributed by atoms with Gasteiger partial charge in [0, 0.05) is 6.04 Å². The van der Waals surface area contributed by atoms with Crippen LogP contribution < -0.4 is 5.73 Å². The van der Waals surface area contributed by atoms with Crippen molar-refractivity contribution < 1.29 is 0 Å². The van der Waals surface area contributed by atoms with Crippen LogP contribution in [0.2, 0.25) is 0 Å². The molecule has 3 unspecified atom stereocenters. The largest absolute Gasteiger partial charge is 0.327 e. The summed E-state index contributed by atoms with van der Waals surface area (Å²) in [5.41, 5.74) is 9.65. The summed E-state index contributed by atoms with van der Waals surface area (Å²) >= 11 is 0. The molecule has 0 heterocycles. The maximum Gasteiger partial charge on any atom is 0.00730 e. The van der Waals surface area contributed by atoms with Crippen LogP contribution in [0.3, 0.4) is 0 Å². The van der Waals surface area contributed by atoms with Crippen molar-refractivity contribution in [3.8, 4) is 0 Å². The molecule has 1 nitrogen and oxygen atoms in total. The van der Waals surface area contributed by atoms with Crippen molar-refractivity contribution in [2.24, 2.45) is 17.6 Å². The first-order valence-corrected chi connectivity index (χ1v) is 8.56. The van der Waals surface area contributed by atoms with Crippen LogP contribution >= 0.6 is 0 Å². The third kappa shape index (κ3) is 4.09. The summed E-state index contributed by atoms with van der Waals surface area (Å²) in [4.78, 5) is 0. The second-order valence-corrected chi connectivity index (χ2v) is 6.59. The summed E-state index contributed by atoms with van der Waals surface area (Å²) in [5, 5.41) is 0. The zero-order valence-electron chi connectivity index (χ0n) is 13.3. The lowest BCUT2D eigenvalue weighted by atomic mass is 9.77. The third-order valence-electron chi connectivity index (χ3n) is 5.14. The minimum atomic E-state index is 0.394. The predicted molar refractivity (Wildman–Crippen MR) is 87.9 cm³/mol. The molecule has 0 saturated heterocycles. The van der Waals surface area contributed by atoms with E-state index in [0.29, 0.717) is 12.0 Å². The van der Waals surface area contributed by atoms with Gasteiger partial charge in [-0.2, -0.15) is 0 Å². The van der Waals surface area contributed by atoms with E-state index < -0.39 is 0 Å². The van der Waals surface area contributed by atoms with Crippen molar-refractivity contribution in [2.75, 3.05) is 0 Å². The summed E-state index contributed by atoms with van der Waals surface area (Å²) in [6.07, 6.45) is 10.2. The number of rotatable bonds is 7. The van der Waals surface area contributed by atoms with Crippen molar-refractivity contribution in [3.05, 3.63) is 35.4 Å². The molecule has 0 saturated carbocycles. The van der Waals surface area contributed by atoms with E-state index in [1.807, 2.05) is 0 Å². The molecule has 1 aromatic rings. The van der Waals surface area contributed by atoms with Crippen LogP contribution in [0.4, 0.5) is 0 Å². The highest BCUT2D eigenvalue weighted by atomic mass is 14.7. The number of nitrogens with two attached hydrogens (primary N) is 1. The van der Waals surface area contributed by atoms with Crippen LogP contribution in [0, 0.1) is 11.8 Å². The van der Waals surface area contributed by atoms with Gasteiger partial charge < -0.3 is 5.73 Å². The Morgan fingerprint density at radius 1 is 1.20 bits per heavy atom. The molecule has 0 bridgehead atoms. The SMILES string of the molecule is CCCCC(CC)CC(N)C1CCc2ccccc2C1. The molecule has 2 N–H and O–H groups in total. The molecule has 0 amide bonds. The molecule has 20 heavy (non-hydrogen) atoms. The fourth-order valence-electron chi connectivity index (χ4n) is 3.65. The van der Waals surface area contributed by atoms with Gasteiger partial charge >= 0.3 is 0 Å². The lowest BCUT2D eigenvalue weighted by Gasteiger charge is -2.31. The number of aryl methyl sites for hydroxylation is 1. The molecule has 3 atom stereocenters. The van der Waals surface area contributed by atoms with Crippen molar-refractivity contribution in [3.63, 3.8) is 0 Å². The average Bonchev–Trinajstić information content (AvgIpc) is 2.50. The fraction of sp³-hybridized carbons (Fsp3) is 0.684. The molecule has 1 aliphatic rings. The average molecular weight is 273 g/mol. The van der Waals surface area contributed by atoms with Gasteiger partial charge in [0.15, 0.2) is 0 Å². The number of hydrogen-bond acceptors (Lipinski definition) is 1. The molecule has 0 fully saturated rings. The van der Waals surface area contributed by atoms with E-state index in [0.717, 1.165) is 5.92 Å². The standard InChI is InChI=1S/C19H31N/c1-3-5-8-15(4-2)13-19(20)18-12-11-16-9-6-7-10-17(16)14-18/h6-7,9-10,15,18-19H,3-5,8,11-14,20H2,1-2H3. The number of benzene rings is 1. The fourth-order valence-corrected chi connectivity index (χ4v) is 3.65. The van der Waals surface area contributed by atoms with Crippen LogP contribution in [0.25, 0.3) is 0 Å². The lowest BCUT2D eigenvalue weighted by Crippen LogP contribution is -2.35. The quantitative estimate of drug-likeness (QED) is 0.764. The summed E-state index contributed by atoms with van der Waals surface area (Å²) in [6.45, 7) is 4.61. The Morgan fingerprint density at radius 2 is 1.95 bits per heavy atom. The van der Waals surface area contributed by atoms with Gasteiger partial charge in [0.1, 0.15) is 0 Å². The van der Waals surface area contributed by atoms with Gasteiger partial charge in [-0.3, -0.25) is 0 Å². The Balaban J connectivity index is 1.89. The predicted octanol–water partition coefficient (Wildman–Crippen LogP) is 4.73. The second-order valence-electron chi connectivity index (χ2n) is 6.59. The van der Waals surface area contributed by atoms with Crippen LogP contribution in [-0.4, -0.2) is 6.04 Å². The normalized spacial score (nSPS) is 21.2. The van der Waals surface area contributed by atoms with Gasteiger partial charge in [0.25, 0.3) is 0 Å². The first-order valence-electron chi connectivity index (χ1n) is 8.56. The van der Waals surface area contributed by atoms with Gasteiger partial charge in [-0.05, 0) is 48.6 Å². The van der Waals surface area contributed by atoms with Gasteiger partial charge in [-0.25, -0.2) is 0 Å².